The Morgan fingerprint density at radius 1 is 0.944 bits per heavy atom. The maximum atomic E-state index is 12.8. The number of carboxylic acids is 1. The predicted molar refractivity (Wildman–Crippen MR) is 134 cm³/mol. The number of allylic oxidation sites excluding steroid dienone is 2. The van der Waals surface area contributed by atoms with E-state index >= 15 is 0 Å². The van der Waals surface area contributed by atoms with Gasteiger partial charge in [-0.3, -0.25) is 4.79 Å². The van der Waals surface area contributed by atoms with E-state index in [0.717, 1.165) is 19.3 Å². The lowest BCUT2D eigenvalue weighted by atomic mass is 9.33. The Kier molecular flexibility index (Phi) is 5.75. The number of carboxylic acid groups (broad SMARTS) is 1. The molecule has 0 aliphatic heterocycles. The summed E-state index contributed by atoms with van der Waals surface area (Å²) >= 11 is 0. The Bertz CT molecular complexity index is 977. The van der Waals surface area contributed by atoms with E-state index < -0.39 is 58.7 Å². The third-order valence-corrected chi connectivity index (χ3v) is 12.6. The molecular weight excluding hydrogens is 460 g/mol. The number of hydrogen-bond acceptors (Lipinski definition) is 6. The van der Waals surface area contributed by atoms with Gasteiger partial charge in [-0.05, 0) is 84.9 Å². The average molecular weight is 507 g/mol. The van der Waals surface area contributed by atoms with Crippen LogP contribution < -0.4 is 0 Å². The van der Waals surface area contributed by atoms with Gasteiger partial charge in [0.15, 0.2) is 0 Å². The first kappa shape index (κ1) is 26.6. The molecule has 11 atom stereocenters. The van der Waals surface area contributed by atoms with Crippen molar-refractivity contribution in [2.75, 3.05) is 6.61 Å². The molecule has 6 N–H and O–H groups in total. The van der Waals surface area contributed by atoms with Crippen LogP contribution in [0.15, 0.2) is 11.6 Å². The minimum Gasteiger partial charge on any atom is -0.481 e. The molecule has 4 saturated carbocycles. The minimum absolute atomic E-state index is 0.0127. The van der Waals surface area contributed by atoms with Crippen molar-refractivity contribution < 1.29 is 35.4 Å². The van der Waals surface area contributed by atoms with Crippen molar-refractivity contribution in [2.24, 2.45) is 44.8 Å². The Labute approximate surface area is 214 Å². The summed E-state index contributed by atoms with van der Waals surface area (Å²) in [6, 6.07) is 0. The fourth-order valence-electron chi connectivity index (χ4n) is 10.5. The number of aliphatic hydroxyl groups excluding tert-OH is 4. The highest BCUT2D eigenvalue weighted by molar-refractivity contribution is 5.76. The van der Waals surface area contributed by atoms with Crippen LogP contribution in [0.1, 0.15) is 86.0 Å². The normalized spacial score (nSPS) is 55.9. The van der Waals surface area contributed by atoms with Crippen LogP contribution in [-0.4, -0.2) is 67.1 Å². The van der Waals surface area contributed by atoms with Crippen molar-refractivity contribution in [3.8, 4) is 0 Å². The molecule has 0 aromatic heterocycles. The van der Waals surface area contributed by atoms with Crippen molar-refractivity contribution in [3.05, 3.63) is 11.6 Å². The molecule has 4 fully saturated rings. The second kappa shape index (κ2) is 7.78. The summed E-state index contributed by atoms with van der Waals surface area (Å²) in [5.74, 6) is -1.53. The van der Waals surface area contributed by atoms with E-state index in [2.05, 4.69) is 33.8 Å². The molecular formula is C29H46O7. The van der Waals surface area contributed by atoms with Gasteiger partial charge in [0.1, 0.15) is 11.7 Å². The van der Waals surface area contributed by atoms with Crippen molar-refractivity contribution >= 4 is 5.97 Å². The van der Waals surface area contributed by atoms with E-state index in [9.17, 15) is 35.4 Å². The standard InChI is InChI=1S/C29H46O7/c1-24(2)8-10-28(23(34)35)11-9-26(4)16(17(28)12-24)6-7-20-25(3)13-19(32)22(33)29(36,15-30)21(25)18(31)14-27(20,26)5/h6,17-22,30-33,36H,7-15H2,1-5H3,(H,34,35). The van der Waals surface area contributed by atoms with Crippen LogP contribution in [0.4, 0.5) is 0 Å². The number of hydrogen-bond donors (Lipinski definition) is 6. The van der Waals surface area contributed by atoms with Gasteiger partial charge in [0.05, 0.1) is 24.2 Å². The average Bonchev–Trinajstić information content (AvgIpc) is 2.77. The van der Waals surface area contributed by atoms with Gasteiger partial charge >= 0.3 is 5.97 Å². The maximum absolute atomic E-state index is 12.8. The number of rotatable bonds is 2. The van der Waals surface area contributed by atoms with E-state index in [0.29, 0.717) is 25.7 Å². The summed E-state index contributed by atoms with van der Waals surface area (Å²) in [7, 11) is 0. The van der Waals surface area contributed by atoms with E-state index in [1.807, 2.05) is 6.92 Å². The zero-order chi connectivity index (χ0) is 26.7. The Hall–Kier alpha value is -0.990. The van der Waals surface area contributed by atoms with E-state index in [4.69, 9.17) is 0 Å². The highest BCUT2D eigenvalue weighted by Crippen LogP contribution is 2.75. The smallest absolute Gasteiger partial charge is 0.310 e. The summed E-state index contributed by atoms with van der Waals surface area (Å²) in [5, 5.41) is 65.2. The van der Waals surface area contributed by atoms with Gasteiger partial charge in [-0.15, -0.1) is 0 Å². The molecule has 5 aliphatic carbocycles. The number of aliphatic carboxylic acids is 1. The molecule has 0 heterocycles. The molecule has 7 nitrogen and oxygen atoms in total. The SMILES string of the molecule is CC1(C)CCC2(C(=O)O)CCC3(C)C(=CCC4C5(C)CC(O)C(O)C(O)(CO)C5C(O)CC43C)C2C1. The lowest BCUT2D eigenvalue weighted by molar-refractivity contribution is -0.299. The Morgan fingerprint density at radius 3 is 2.19 bits per heavy atom. The molecule has 0 aromatic rings. The molecule has 11 unspecified atom stereocenters. The van der Waals surface area contributed by atoms with Crippen molar-refractivity contribution in [3.63, 3.8) is 0 Å². The van der Waals surface area contributed by atoms with Crippen LogP contribution in [0.2, 0.25) is 0 Å². The molecule has 7 heteroatoms. The van der Waals surface area contributed by atoms with Gasteiger partial charge in [-0.25, -0.2) is 0 Å². The molecule has 0 amide bonds. The third-order valence-electron chi connectivity index (χ3n) is 12.6. The van der Waals surface area contributed by atoms with E-state index in [-0.39, 0.29) is 29.1 Å². The zero-order valence-corrected chi connectivity index (χ0v) is 22.5. The van der Waals surface area contributed by atoms with Crippen LogP contribution in [-0.2, 0) is 4.79 Å². The minimum atomic E-state index is -1.99. The van der Waals surface area contributed by atoms with Crippen LogP contribution in [0.3, 0.4) is 0 Å². The first-order valence-corrected chi connectivity index (χ1v) is 13.8. The van der Waals surface area contributed by atoms with E-state index in [1.165, 1.54) is 5.57 Å². The van der Waals surface area contributed by atoms with Gasteiger partial charge in [0.2, 0.25) is 0 Å². The largest absolute Gasteiger partial charge is 0.481 e. The molecule has 0 saturated heterocycles. The molecule has 0 spiro atoms. The monoisotopic (exact) mass is 506 g/mol. The van der Waals surface area contributed by atoms with Gasteiger partial charge < -0.3 is 30.6 Å². The lowest BCUT2D eigenvalue weighted by Gasteiger charge is -2.71. The molecule has 0 radical (unpaired) electrons. The van der Waals surface area contributed by atoms with Gasteiger partial charge in [0.25, 0.3) is 0 Å². The Morgan fingerprint density at radius 2 is 1.58 bits per heavy atom. The van der Waals surface area contributed by atoms with Crippen molar-refractivity contribution in [2.45, 2.75) is 110 Å². The summed E-state index contributed by atoms with van der Waals surface area (Å²) < 4.78 is 0. The topological polar surface area (TPSA) is 138 Å². The molecule has 5 rings (SSSR count). The van der Waals surface area contributed by atoms with Crippen molar-refractivity contribution in [1.82, 2.24) is 0 Å². The summed E-state index contributed by atoms with van der Waals surface area (Å²) in [6.45, 7) is 10.2. The van der Waals surface area contributed by atoms with Crippen LogP contribution >= 0.6 is 0 Å². The molecule has 5 aliphatic rings. The lowest BCUT2D eigenvalue weighted by Crippen LogP contribution is -2.74. The predicted octanol–water partition coefficient (Wildman–Crippen LogP) is 2.87. The van der Waals surface area contributed by atoms with Crippen molar-refractivity contribution in [1.29, 1.82) is 0 Å². The number of aliphatic hydroxyl groups is 5. The number of fused-ring (bicyclic) bond motifs is 7. The third kappa shape index (κ3) is 3.07. The van der Waals surface area contributed by atoms with Gasteiger partial charge in [0, 0.05) is 5.92 Å². The maximum Gasteiger partial charge on any atom is 0.310 e. The van der Waals surface area contributed by atoms with Gasteiger partial charge in [-0.2, -0.15) is 0 Å². The molecule has 204 valence electrons. The molecule has 0 aromatic carbocycles. The molecule has 36 heavy (non-hydrogen) atoms. The summed E-state index contributed by atoms with van der Waals surface area (Å²) in [4.78, 5) is 12.8. The fourth-order valence-corrected chi connectivity index (χ4v) is 10.5. The zero-order valence-electron chi connectivity index (χ0n) is 22.5. The first-order chi connectivity index (χ1) is 16.5. The molecule has 0 bridgehead atoms. The van der Waals surface area contributed by atoms with E-state index in [1.54, 1.807) is 0 Å². The highest BCUT2D eigenvalue weighted by atomic mass is 16.4. The second-order valence-corrected chi connectivity index (χ2v) is 14.7. The van der Waals surface area contributed by atoms with Gasteiger partial charge in [-0.1, -0.05) is 46.3 Å². The van der Waals surface area contributed by atoms with Crippen LogP contribution in [0.5, 0.6) is 0 Å². The summed E-state index contributed by atoms with van der Waals surface area (Å²) in [6.07, 6.45) is 3.60. The first-order valence-electron chi connectivity index (χ1n) is 13.8. The summed E-state index contributed by atoms with van der Waals surface area (Å²) in [5.41, 5.74) is -2.90. The van der Waals surface area contributed by atoms with Crippen LogP contribution in [0, 0.1) is 44.8 Å². The Balaban J connectivity index is 1.64. The fraction of sp³-hybridized carbons (Fsp3) is 0.897. The quantitative estimate of drug-likeness (QED) is 0.317. The second-order valence-electron chi connectivity index (χ2n) is 14.7. The highest BCUT2D eigenvalue weighted by Gasteiger charge is 2.73. The number of carbonyl (C=O) groups is 1. The van der Waals surface area contributed by atoms with Crippen LogP contribution in [0.25, 0.3) is 0 Å².